The maximum Gasteiger partial charge on any atom is 0.260 e. The summed E-state index contributed by atoms with van der Waals surface area (Å²) in [5, 5.41) is 10.2. The van der Waals surface area contributed by atoms with Crippen molar-refractivity contribution < 1.29 is 9.47 Å². The number of nitrogens with zero attached hydrogens (tertiary/aromatic N) is 2. The molecule has 4 nitrogen and oxygen atoms in total. The summed E-state index contributed by atoms with van der Waals surface area (Å²) in [6.07, 6.45) is 0. The van der Waals surface area contributed by atoms with Crippen LogP contribution in [0.15, 0.2) is 237 Å². The minimum atomic E-state index is -2.90. The third kappa shape index (κ3) is 5.21. The Kier molecular flexibility index (Phi) is 8.06. The van der Waals surface area contributed by atoms with Gasteiger partial charge < -0.3 is 18.6 Å². The minimum Gasteiger partial charge on any atom is -0.458 e. The summed E-state index contributed by atoms with van der Waals surface area (Å²) in [5.74, 6) is 3.42. The van der Waals surface area contributed by atoms with Crippen molar-refractivity contribution >= 4 is 95.5 Å². The first-order valence-electron chi connectivity index (χ1n) is 22.7. The fraction of sp³-hybridized carbons (Fsp3) is 0. The lowest BCUT2D eigenvalue weighted by Crippen LogP contribution is -2.74. The van der Waals surface area contributed by atoms with E-state index in [1.807, 2.05) is 6.07 Å². The van der Waals surface area contributed by atoms with Crippen LogP contribution in [0.25, 0.3) is 55.0 Å². The molecule has 4 heterocycles. The molecule has 0 bridgehead atoms. The van der Waals surface area contributed by atoms with E-state index in [4.69, 9.17) is 9.47 Å². The molecule has 0 spiro atoms. The third-order valence-electron chi connectivity index (χ3n) is 14.2. The number of hydrogen-bond donors (Lipinski definition) is 0. The Morgan fingerprint density at radius 3 is 1.50 bits per heavy atom. The summed E-state index contributed by atoms with van der Waals surface area (Å²) in [7, 11) is -2.90. The second-order valence-corrected chi connectivity index (χ2v) is 21.3. The van der Waals surface area contributed by atoms with E-state index in [9.17, 15) is 0 Å². The highest BCUT2D eigenvalue weighted by molar-refractivity contribution is 7.20. The predicted molar refractivity (Wildman–Crippen MR) is 276 cm³/mol. The van der Waals surface area contributed by atoms with Crippen LogP contribution in [0.1, 0.15) is 0 Å². The molecule has 66 heavy (non-hydrogen) atoms. The van der Waals surface area contributed by atoms with E-state index in [0.29, 0.717) is 0 Å². The Balaban J connectivity index is 1.12. The Hall–Kier alpha value is -8.32. The zero-order chi connectivity index (χ0) is 43.3. The second kappa shape index (κ2) is 14.3. The van der Waals surface area contributed by atoms with Gasteiger partial charge in [-0.3, -0.25) is 0 Å². The maximum atomic E-state index is 6.79. The van der Waals surface area contributed by atoms with Crippen LogP contribution in [0, 0.1) is 0 Å². The average molecular weight is 859 g/mol. The molecule has 0 N–H and O–H groups in total. The molecule has 0 saturated carbocycles. The number of fused-ring (bicyclic) bond motifs is 10. The standard InChI is InChI=1S/C60H39BN2O2Si/c1-4-18-41(19-5-1)66(42-20-6-2-7-21-42,43-22-8-3-9-23-43)44-35-36-47-48-26-16-30-53(63-51-28-13-10-24-45(51)46-25-11-14-29-52(46)63)60(48)62(54(47)39-44)40-34-37-56-50(38-40)61-49-27-12-15-31-55(49)64-57-32-17-33-58(65-56)59(57)61/h1-39H. The van der Waals surface area contributed by atoms with Gasteiger partial charge in [-0.1, -0.05) is 176 Å². The highest BCUT2D eigenvalue weighted by Crippen LogP contribution is 2.41. The summed E-state index contributed by atoms with van der Waals surface area (Å²) in [6.45, 7) is -0.0698. The van der Waals surface area contributed by atoms with E-state index in [1.54, 1.807) is 0 Å². The van der Waals surface area contributed by atoms with Crippen LogP contribution in [0.4, 0.5) is 0 Å². The lowest BCUT2D eigenvalue weighted by molar-refractivity contribution is 0.464. The Labute approximate surface area is 383 Å². The highest BCUT2D eigenvalue weighted by atomic mass is 28.3. The van der Waals surface area contributed by atoms with Gasteiger partial charge in [0.2, 0.25) is 0 Å². The van der Waals surface area contributed by atoms with Gasteiger partial charge in [-0.25, -0.2) is 0 Å². The van der Waals surface area contributed by atoms with E-state index in [0.717, 1.165) is 61.8 Å². The molecule has 308 valence electrons. The second-order valence-electron chi connectivity index (χ2n) is 17.5. The third-order valence-corrected chi connectivity index (χ3v) is 19.0. The number of aromatic nitrogens is 2. The molecule has 0 amide bonds. The molecule has 2 aliphatic heterocycles. The van der Waals surface area contributed by atoms with Crippen LogP contribution < -0.4 is 46.6 Å². The molecule has 2 aliphatic rings. The van der Waals surface area contributed by atoms with E-state index < -0.39 is 8.07 Å². The molecular formula is C60H39BN2O2Si. The topological polar surface area (TPSA) is 28.3 Å². The SMILES string of the molecule is c1ccc([Si](c2ccccc2)(c2ccccc2)c2ccc3c4cccc(-n5c6ccccc6c6ccccc65)c4n(-c4ccc5c(c4)B4c6ccccc6Oc6cccc(c64)O5)c3c2)cc1. The van der Waals surface area contributed by atoms with E-state index >= 15 is 0 Å². The number of rotatable bonds is 6. The van der Waals surface area contributed by atoms with Crippen molar-refractivity contribution in [3.63, 3.8) is 0 Å². The molecular weight excluding hydrogens is 820 g/mol. The van der Waals surface area contributed by atoms with Gasteiger partial charge in [0.1, 0.15) is 23.0 Å². The fourth-order valence-corrected chi connectivity index (χ4v) is 16.2. The monoisotopic (exact) mass is 858 g/mol. The van der Waals surface area contributed by atoms with Crippen molar-refractivity contribution in [2.75, 3.05) is 0 Å². The van der Waals surface area contributed by atoms with Gasteiger partial charge in [-0.2, -0.15) is 0 Å². The van der Waals surface area contributed by atoms with Crippen LogP contribution in [0.5, 0.6) is 23.0 Å². The minimum absolute atomic E-state index is 0.0698. The van der Waals surface area contributed by atoms with Gasteiger partial charge in [-0.05, 0) is 92.3 Å². The van der Waals surface area contributed by atoms with Gasteiger partial charge >= 0.3 is 0 Å². The van der Waals surface area contributed by atoms with Crippen LogP contribution in [-0.4, -0.2) is 23.9 Å². The summed E-state index contributed by atoms with van der Waals surface area (Å²) in [5.41, 5.74) is 10.2. The Bertz CT molecular complexity index is 3740. The van der Waals surface area contributed by atoms with Gasteiger partial charge in [0.25, 0.3) is 6.71 Å². The smallest absolute Gasteiger partial charge is 0.260 e. The molecule has 0 unspecified atom stereocenters. The Morgan fingerprint density at radius 2 is 0.848 bits per heavy atom. The van der Waals surface area contributed by atoms with Crippen LogP contribution >= 0.6 is 0 Å². The number of para-hydroxylation sites is 4. The van der Waals surface area contributed by atoms with Crippen molar-refractivity contribution in [2.24, 2.45) is 0 Å². The van der Waals surface area contributed by atoms with Crippen molar-refractivity contribution in [3.8, 4) is 34.4 Å². The van der Waals surface area contributed by atoms with Crippen LogP contribution in [0.3, 0.4) is 0 Å². The summed E-state index contributed by atoms with van der Waals surface area (Å²) >= 11 is 0. The molecule has 0 atom stereocenters. The van der Waals surface area contributed by atoms with E-state index in [2.05, 4.69) is 240 Å². The number of hydrogen-bond acceptors (Lipinski definition) is 2. The van der Waals surface area contributed by atoms with E-state index in [-0.39, 0.29) is 6.71 Å². The molecule has 2 aromatic heterocycles. The maximum absolute atomic E-state index is 6.79. The van der Waals surface area contributed by atoms with Crippen molar-refractivity contribution in [2.45, 2.75) is 0 Å². The van der Waals surface area contributed by atoms with Crippen molar-refractivity contribution in [1.82, 2.24) is 9.13 Å². The number of ether oxygens (including phenoxy) is 2. The van der Waals surface area contributed by atoms with Crippen LogP contribution in [-0.2, 0) is 0 Å². The van der Waals surface area contributed by atoms with Gasteiger partial charge in [-0.15, -0.1) is 0 Å². The summed E-state index contributed by atoms with van der Waals surface area (Å²) in [4.78, 5) is 0. The normalized spacial score (nSPS) is 12.8. The molecule has 6 heteroatoms. The zero-order valence-electron chi connectivity index (χ0n) is 35.8. The summed E-state index contributed by atoms with van der Waals surface area (Å²) < 4.78 is 18.4. The molecule has 14 rings (SSSR count). The lowest BCUT2D eigenvalue weighted by atomic mass is 9.35. The number of benzene rings is 10. The first-order valence-corrected chi connectivity index (χ1v) is 24.7. The predicted octanol–water partition coefficient (Wildman–Crippen LogP) is 9.99. The first-order chi connectivity index (χ1) is 32.8. The van der Waals surface area contributed by atoms with Crippen molar-refractivity contribution in [3.05, 3.63) is 237 Å². The van der Waals surface area contributed by atoms with E-state index in [1.165, 1.54) is 53.3 Å². The summed E-state index contributed by atoms with van der Waals surface area (Å²) in [6, 6.07) is 86.9. The molecule has 0 aliphatic carbocycles. The first kappa shape index (κ1) is 37.1. The van der Waals surface area contributed by atoms with Crippen LogP contribution in [0.2, 0.25) is 0 Å². The van der Waals surface area contributed by atoms with Gasteiger partial charge in [0.15, 0.2) is 8.07 Å². The lowest BCUT2D eigenvalue weighted by Gasteiger charge is -2.34. The van der Waals surface area contributed by atoms with Gasteiger partial charge in [0.05, 0.1) is 27.8 Å². The average Bonchev–Trinajstić information content (AvgIpc) is 3.90. The molecule has 0 saturated heterocycles. The molecule has 10 aromatic carbocycles. The Morgan fingerprint density at radius 1 is 0.333 bits per heavy atom. The fourth-order valence-electron chi connectivity index (χ4n) is 11.5. The molecule has 0 fully saturated rings. The molecule has 0 radical (unpaired) electrons. The quantitative estimate of drug-likeness (QED) is 0.123. The van der Waals surface area contributed by atoms with Crippen molar-refractivity contribution in [1.29, 1.82) is 0 Å². The largest absolute Gasteiger partial charge is 0.458 e. The van der Waals surface area contributed by atoms with Gasteiger partial charge in [0, 0.05) is 32.7 Å². The molecule has 12 aromatic rings. The zero-order valence-corrected chi connectivity index (χ0v) is 36.8. The highest BCUT2D eigenvalue weighted by Gasteiger charge is 2.43.